The summed E-state index contributed by atoms with van der Waals surface area (Å²) in [5, 5.41) is 14.0. The predicted molar refractivity (Wildman–Crippen MR) is 120 cm³/mol. The van der Waals surface area contributed by atoms with Gasteiger partial charge in [0.1, 0.15) is 5.69 Å². The summed E-state index contributed by atoms with van der Waals surface area (Å²) in [6, 6.07) is 21.2. The monoisotopic (exact) mass is 418 g/mol. The molecule has 0 aliphatic rings. The quantitative estimate of drug-likeness (QED) is 0.496. The summed E-state index contributed by atoms with van der Waals surface area (Å²) in [6.07, 6.45) is 0. The average Bonchev–Trinajstić information content (AvgIpc) is 2.76. The number of anilines is 2. The zero-order valence-corrected chi connectivity index (χ0v) is 17.8. The minimum atomic E-state index is -3.58. The molecule has 1 heterocycles. The number of rotatable bonds is 5. The summed E-state index contributed by atoms with van der Waals surface area (Å²) in [5.41, 5.74) is 4.10. The Morgan fingerprint density at radius 1 is 0.833 bits per heavy atom. The second kappa shape index (κ2) is 7.85. The highest BCUT2D eigenvalue weighted by atomic mass is 32.2. The van der Waals surface area contributed by atoms with Crippen molar-refractivity contribution in [2.45, 2.75) is 18.7 Å². The number of sulfonamides is 1. The van der Waals surface area contributed by atoms with Gasteiger partial charge in [0.25, 0.3) is 0 Å². The highest BCUT2D eigenvalue weighted by Gasteiger charge is 2.18. The third-order valence-electron chi connectivity index (χ3n) is 5.02. The summed E-state index contributed by atoms with van der Waals surface area (Å²) in [4.78, 5) is 0.232. The maximum atomic E-state index is 12.4. The molecule has 6 nitrogen and oxygen atoms in total. The molecule has 152 valence electrons. The molecule has 0 fully saturated rings. The van der Waals surface area contributed by atoms with Gasteiger partial charge in [-0.05, 0) is 44.7 Å². The van der Waals surface area contributed by atoms with E-state index in [1.807, 2.05) is 61.5 Å². The van der Waals surface area contributed by atoms with Gasteiger partial charge in [0, 0.05) is 22.0 Å². The topological polar surface area (TPSA) is 84.0 Å². The summed E-state index contributed by atoms with van der Waals surface area (Å²) in [7, 11) is -2.17. The molecule has 0 bridgehead atoms. The summed E-state index contributed by atoms with van der Waals surface area (Å²) < 4.78 is 27.2. The molecule has 30 heavy (non-hydrogen) atoms. The van der Waals surface area contributed by atoms with Gasteiger partial charge in [-0.3, -0.25) is 0 Å². The maximum Gasteiger partial charge on any atom is 0.240 e. The molecule has 2 N–H and O–H groups in total. The minimum Gasteiger partial charge on any atom is -0.338 e. The Hall–Kier alpha value is -3.29. The number of hydrogen-bond acceptors (Lipinski definition) is 5. The fourth-order valence-corrected chi connectivity index (χ4v) is 4.32. The van der Waals surface area contributed by atoms with E-state index in [2.05, 4.69) is 20.2 Å². The van der Waals surface area contributed by atoms with Crippen LogP contribution in [0, 0.1) is 13.8 Å². The molecule has 0 saturated carbocycles. The molecule has 1 aromatic heterocycles. The van der Waals surface area contributed by atoms with Gasteiger partial charge >= 0.3 is 0 Å². The van der Waals surface area contributed by atoms with E-state index in [4.69, 9.17) is 0 Å². The van der Waals surface area contributed by atoms with Crippen molar-refractivity contribution in [3.8, 4) is 11.3 Å². The van der Waals surface area contributed by atoms with Crippen LogP contribution in [0.3, 0.4) is 0 Å². The Labute approximate surface area is 176 Å². The molecule has 0 aliphatic carbocycles. The third kappa shape index (κ3) is 3.77. The molecule has 0 amide bonds. The minimum absolute atomic E-state index is 0.232. The molecule has 4 aromatic rings. The first-order valence-electron chi connectivity index (χ1n) is 9.53. The van der Waals surface area contributed by atoms with Crippen molar-refractivity contribution in [3.63, 3.8) is 0 Å². The summed E-state index contributed by atoms with van der Waals surface area (Å²) in [5.74, 6) is 0.647. The van der Waals surface area contributed by atoms with Crippen molar-refractivity contribution in [2.75, 3.05) is 12.4 Å². The maximum absolute atomic E-state index is 12.4. The number of fused-ring (bicyclic) bond motifs is 1. The Morgan fingerprint density at radius 2 is 1.53 bits per heavy atom. The van der Waals surface area contributed by atoms with Crippen LogP contribution in [0.5, 0.6) is 0 Å². The predicted octanol–water partition coefficient (Wildman–Crippen LogP) is 4.57. The summed E-state index contributed by atoms with van der Waals surface area (Å²) >= 11 is 0. The second-order valence-electron chi connectivity index (χ2n) is 7.12. The number of aryl methyl sites for hydroxylation is 2. The number of nitrogens with zero attached hydrogens (tertiary/aromatic N) is 2. The Kier molecular flexibility index (Phi) is 5.24. The van der Waals surface area contributed by atoms with Crippen LogP contribution < -0.4 is 10.0 Å². The van der Waals surface area contributed by atoms with Gasteiger partial charge in [-0.2, -0.15) is 0 Å². The summed E-state index contributed by atoms with van der Waals surface area (Å²) in [6.45, 7) is 3.81. The third-order valence-corrected chi connectivity index (χ3v) is 6.58. The Balaban J connectivity index is 1.84. The van der Waals surface area contributed by atoms with Crippen LogP contribution in [0.25, 0.3) is 22.0 Å². The van der Waals surface area contributed by atoms with Gasteiger partial charge in [-0.25, -0.2) is 13.1 Å². The number of hydrogen-bond donors (Lipinski definition) is 2. The normalized spacial score (nSPS) is 11.6. The van der Waals surface area contributed by atoms with Crippen molar-refractivity contribution < 1.29 is 8.42 Å². The SMILES string of the molecule is CNS(=O)(=O)c1cc(-c2nnc(Nc3ccc(C)cc3)c3ccccc23)ccc1C. The van der Waals surface area contributed by atoms with Crippen LogP contribution in [-0.4, -0.2) is 25.7 Å². The standard InChI is InChI=1S/C23H22N4O2S/c1-15-8-12-18(13-9-15)25-23-20-7-5-4-6-19(20)22(26-27-23)17-11-10-16(2)21(14-17)30(28,29)24-3/h4-14,24H,1-3H3,(H,25,27). The Bertz CT molecular complexity index is 1330. The fraction of sp³-hybridized carbons (Fsp3) is 0.130. The lowest BCUT2D eigenvalue weighted by Gasteiger charge is -2.13. The molecular formula is C23H22N4O2S. The zero-order chi connectivity index (χ0) is 21.3. The van der Waals surface area contributed by atoms with Gasteiger partial charge in [0.2, 0.25) is 10.0 Å². The lowest BCUT2D eigenvalue weighted by Crippen LogP contribution is -2.19. The first-order chi connectivity index (χ1) is 14.4. The zero-order valence-electron chi connectivity index (χ0n) is 17.0. The van der Waals surface area contributed by atoms with E-state index in [0.29, 0.717) is 22.6 Å². The largest absolute Gasteiger partial charge is 0.338 e. The molecule has 0 atom stereocenters. The molecule has 0 aliphatic heterocycles. The van der Waals surface area contributed by atoms with Crippen LogP contribution in [-0.2, 0) is 10.0 Å². The van der Waals surface area contributed by atoms with Gasteiger partial charge < -0.3 is 5.32 Å². The molecule has 0 unspecified atom stereocenters. The van der Waals surface area contributed by atoms with Crippen molar-refractivity contribution in [2.24, 2.45) is 0 Å². The highest BCUT2D eigenvalue weighted by molar-refractivity contribution is 7.89. The van der Waals surface area contributed by atoms with E-state index >= 15 is 0 Å². The van der Waals surface area contributed by atoms with Gasteiger partial charge in [0.15, 0.2) is 5.82 Å². The fourth-order valence-electron chi connectivity index (χ4n) is 3.33. The van der Waals surface area contributed by atoms with Crippen LogP contribution in [0.1, 0.15) is 11.1 Å². The highest BCUT2D eigenvalue weighted by Crippen LogP contribution is 2.32. The smallest absolute Gasteiger partial charge is 0.240 e. The van der Waals surface area contributed by atoms with Gasteiger partial charge in [0.05, 0.1) is 4.90 Å². The molecule has 4 rings (SSSR count). The van der Waals surface area contributed by atoms with Crippen LogP contribution in [0.4, 0.5) is 11.5 Å². The molecule has 0 saturated heterocycles. The van der Waals surface area contributed by atoms with Crippen molar-refractivity contribution in [1.82, 2.24) is 14.9 Å². The lowest BCUT2D eigenvalue weighted by atomic mass is 10.0. The number of aromatic nitrogens is 2. The van der Waals surface area contributed by atoms with E-state index in [-0.39, 0.29) is 4.90 Å². The van der Waals surface area contributed by atoms with Gasteiger partial charge in [-0.15, -0.1) is 10.2 Å². The van der Waals surface area contributed by atoms with Crippen LogP contribution in [0.15, 0.2) is 71.6 Å². The van der Waals surface area contributed by atoms with Crippen molar-refractivity contribution in [3.05, 3.63) is 77.9 Å². The van der Waals surface area contributed by atoms with Crippen molar-refractivity contribution in [1.29, 1.82) is 0 Å². The average molecular weight is 419 g/mol. The van der Waals surface area contributed by atoms with Gasteiger partial charge in [-0.1, -0.05) is 54.1 Å². The van der Waals surface area contributed by atoms with Crippen LogP contribution in [0.2, 0.25) is 0 Å². The van der Waals surface area contributed by atoms with E-state index in [1.54, 1.807) is 19.1 Å². The first-order valence-corrected chi connectivity index (χ1v) is 11.0. The molecule has 0 radical (unpaired) electrons. The van der Waals surface area contributed by atoms with E-state index in [0.717, 1.165) is 16.5 Å². The lowest BCUT2D eigenvalue weighted by molar-refractivity contribution is 0.587. The van der Waals surface area contributed by atoms with E-state index in [9.17, 15) is 8.42 Å². The number of nitrogens with one attached hydrogen (secondary N) is 2. The molecular weight excluding hydrogens is 396 g/mol. The molecule has 0 spiro atoms. The number of benzene rings is 3. The Morgan fingerprint density at radius 3 is 2.23 bits per heavy atom. The molecule has 7 heteroatoms. The first kappa shape index (κ1) is 20.0. The van der Waals surface area contributed by atoms with E-state index in [1.165, 1.54) is 12.6 Å². The van der Waals surface area contributed by atoms with E-state index < -0.39 is 10.0 Å². The van der Waals surface area contributed by atoms with Crippen molar-refractivity contribution >= 4 is 32.3 Å². The molecule has 3 aromatic carbocycles. The second-order valence-corrected chi connectivity index (χ2v) is 8.98. The van der Waals surface area contributed by atoms with Crippen LogP contribution >= 0.6 is 0 Å².